The van der Waals surface area contributed by atoms with Gasteiger partial charge in [0.25, 0.3) is 0 Å². The standard InChI is InChI=1S/C12H20N4O/c1-13-7-10-8-14-9-12(15-10)17-6-5-16(2)11-3-4-11/h8-9,11,13H,3-7H2,1-2H3. The van der Waals surface area contributed by atoms with E-state index in [1.807, 2.05) is 7.05 Å². The zero-order valence-electron chi connectivity index (χ0n) is 10.5. The molecule has 2 rings (SSSR count). The summed E-state index contributed by atoms with van der Waals surface area (Å²) in [6.07, 6.45) is 6.07. The van der Waals surface area contributed by atoms with Gasteiger partial charge < -0.3 is 15.0 Å². The summed E-state index contributed by atoms with van der Waals surface area (Å²) < 4.78 is 5.60. The lowest BCUT2D eigenvalue weighted by Crippen LogP contribution is -2.26. The molecule has 1 aliphatic carbocycles. The Hall–Kier alpha value is -1.20. The smallest absolute Gasteiger partial charge is 0.232 e. The van der Waals surface area contributed by atoms with Crippen molar-refractivity contribution in [2.45, 2.75) is 25.4 Å². The summed E-state index contributed by atoms with van der Waals surface area (Å²) in [4.78, 5) is 10.8. The zero-order chi connectivity index (χ0) is 12.1. The van der Waals surface area contributed by atoms with Gasteiger partial charge in [-0.1, -0.05) is 0 Å². The van der Waals surface area contributed by atoms with Crippen molar-refractivity contribution in [3.05, 3.63) is 18.1 Å². The average Bonchev–Trinajstić information content (AvgIpc) is 3.14. The van der Waals surface area contributed by atoms with Crippen molar-refractivity contribution in [3.63, 3.8) is 0 Å². The van der Waals surface area contributed by atoms with Crippen LogP contribution in [0.15, 0.2) is 12.4 Å². The van der Waals surface area contributed by atoms with Gasteiger partial charge in [0, 0.05) is 25.3 Å². The highest BCUT2D eigenvalue weighted by Gasteiger charge is 2.25. The fourth-order valence-corrected chi connectivity index (χ4v) is 1.71. The number of likely N-dealkylation sites (N-methyl/N-ethyl adjacent to an activating group) is 1. The zero-order valence-corrected chi connectivity index (χ0v) is 10.5. The van der Waals surface area contributed by atoms with E-state index in [1.165, 1.54) is 12.8 Å². The summed E-state index contributed by atoms with van der Waals surface area (Å²) in [5.74, 6) is 0.613. The van der Waals surface area contributed by atoms with E-state index in [9.17, 15) is 0 Å². The summed E-state index contributed by atoms with van der Waals surface area (Å²) in [7, 11) is 4.03. The van der Waals surface area contributed by atoms with Crippen molar-refractivity contribution in [1.29, 1.82) is 0 Å². The van der Waals surface area contributed by atoms with Crippen LogP contribution in [0.5, 0.6) is 5.88 Å². The first kappa shape index (κ1) is 12.3. The molecule has 1 saturated carbocycles. The molecule has 0 atom stereocenters. The minimum atomic E-state index is 0.613. The number of nitrogens with one attached hydrogen (secondary N) is 1. The molecule has 0 radical (unpaired) electrons. The van der Waals surface area contributed by atoms with Crippen LogP contribution >= 0.6 is 0 Å². The van der Waals surface area contributed by atoms with Crippen molar-refractivity contribution in [3.8, 4) is 5.88 Å². The molecule has 0 saturated heterocycles. The Morgan fingerprint density at radius 1 is 1.47 bits per heavy atom. The molecule has 0 bridgehead atoms. The van der Waals surface area contributed by atoms with Gasteiger partial charge >= 0.3 is 0 Å². The van der Waals surface area contributed by atoms with E-state index in [2.05, 4.69) is 27.2 Å². The van der Waals surface area contributed by atoms with E-state index < -0.39 is 0 Å². The molecule has 5 heteroatoms. The number of hydrogen-bond donors (Lipinski definition) is 1. The molecular formula is C12H20N4O. The maximum atomic E-state index is 5.60. The minimum Gasteiger partial charge on any atom is -0.475 e. The molecular weight excluding hydrogens is 216 g/mol. The summed E-state index contributed by atoms with van der Waals surface area (Å²) >= 11 is 0. The van der Waals surface area contributed by atoms with E-state index in [-0.39, 0.29) is 0 Å². The fourth-order valence-electron chi connectivity index (χ4n) is 1.71. The second-order valence-electron chi connectivity index (χ2n) is 4.44. The van der Waals surface area contributed by atoms with Crippen LogP contribution in [0.2, 0.25) is 0 Å². The van der Waals surface area contributed by atoms with Crippen LogP contribution in [0.4, 0.5) is 0 Å². The Morgan fingerprint density at radius 3 is 3.00 bits per heavy atom. The average molecular weight is 236 g/mol. The number of rotatable bonds is 7. The molecule has 17 heavy (non-hydrogen) atoms. The number of ether oxygens (including phenoxy) is 1. The molecule has 0 unspecified atom stereocenters. The van der Waals surface area contributed by atoms with Crippen molar-refractivity contribution >= 4 is 0 Å². The van der Waals surface area contributed by atoms with Crippen LogP contribution in [0.3, 0.4) is 0 Å². The number of aromatic nitrogens is 2. The normalized spacial score (nSPS) is 15.2. The van der Waals surface area contributed by atoms with Gasteiger partial charge in [-0.2, -0.15) is 0 Å². The molecule has 0 aliphatic heterocycles. The van der Waals surface area contributed by atoms with Crippen molar-refractivity contribution < 1.29 is 4.74 Å². The van der Waals surface area contributed by atoms with Gasteiger partial charge in [-0.25, -0.2) is 4.98 Å². The van der Waals surface area contributed by atoms with Crippen molar-refractivity contribution in [2.75, 3.05) is 27.2 Å². The van der Waals surface area contributed by atoms with Crippen LogP contribution in [-0.4, -0.2) is 48.2 Å². The van der Waals surface area contributed by atoms with Gasteiger partial charge in [0.1, 0.15) is 6.61 Å². The molecule has 1 aromatic heterocycles. The van der Waals surface area contributed by atoms with E-state index in [1.54, 1.807) is 12.4 Å². The predicted octanol–water partition coefficient (Wildman–Crippen LogP) is 0.669. The third-order valence-electron chi connectivity index (χ3n) is 2.88. The fraction of sp³-hybridized carbons (Fsp3) is 0.667. The second-order valence-corrected chi connectivity index (χ2v) is 4.44. The lowest BCUT2D eigenvalue weighted by molar-refractivity contribution is 0.225. The highest BCUT2D eigenvalue weighted by atomic mass is 16.5. The second kappa shape index (κ2) is 5.93. The Bertz CT molecular complexity index is 354. The first-order valence-electron chi connectivity index (χ1n) is 6.08. The molecule has 5 nitrogen and oxygen atoms in total. The quantitative estimate of drug-likeness (QED) is 0.754. The minimum absolute atomic E-state index is 0.613. The maximum absolute atomic E-state index is 5.60. The molecule has 0 aromatic carbocycles. The third-order valence-corrected chi connectivity index (χ3v) is 2.88. The lowest BCUT2D eigenvalue weighted by Gasteiger charge is -2.15. The van der Waals surface area contributed by atoms with Gasteiger partial charge in [-0.3, -0.25) is 4.98 Å². The van der Waals surface area contributed by atoms with Gasteiger partial charge in [0.15, 0.2) is 0 Å². The summed E-state index contributed by atoms with van der Waals surface area (Å²) in [5.41, 5.74) is 0.903. The Kier molecular flexibility index (Phi) is 4.28. The molecule has 1 aromatic rings. The highest BCUT2D eigenvalue weighted by Crippen LogP contribution is 2.24. The first-order valence-corrected chi connectivity index (χ1v) is 6.08. The number of nitrogens with zero attached hydrogens (tertiary/aromatic N) is 3. The lowest BCUT2D eigenvalue weighted by atomic mass is 10.4. The molecule has 1 aliphatic rings. The molecule has 1 fully saturated rings. The Morgan fingerprint density at radius 2 is 2.29 bits per heavy atom. The molecule has 1 heterocycles. The summed E-state index contributed by atoms with van der Waals surface area (Å²) in [5, 5.41) is 3.04. The van der Waals surface area contributed by atoms with E-state index in [0.717, 1.165) is 18.3 Å². The summed E-state index contributed by atoms with van der Waals surface area (Å²) in [6.45, 7) is 2.33. The van der Waals surface area contributed by atoms with E-state index in [4.69, 9.17) is 4.74 Å². The summed E-state index contributed by atoms with van der Waals surface area (Å²) in [6, 6.07) is 0.778. The molecule has 94 valence electrons. The van der Waals surface area contributed by atoms with Crippen molar-refractivity contribution in [1.82, 2.24) is 20.2 Å². The van der Waals surface area contributed by atoms with Gasteiger partial charge in [-0.05, 0) is 26.9 Å². The van der Waals surface area contributed by atoms with Gasteiger partial charge in [0.2, 0.25) is 5.88 Å². The van der Waals surface area contributed by atoms with Crippen LogP contribution in [0.1, 0.15) is 18.5 Å². The van der Waals surface area contributed by atoms with Crippen LogP contribution in [-0.2, 0) is 6.54 Å². The van der Waals surface area contributed by atoms with Crippen LogP contribution in [0.25, 0.3) is 0 Å². The Labute approximate surface area is 102 Å². The Balaban J connectivity index is 1.75. The topological polar surface area (TPSA) is 50.3 Å². The SMILES string of the molecule is CNCc1cncc(OCCN(C)C2CC2)n1. The van der Waals surface area contributed by atoms with Crippen LogP contribution in [0, 0.1) is 0 Å². The van der Waals surface area contributed by atoms with Gasteiger partial charge in [0.05, 0.1) is 11.9 Å². The first-order chi connectivity index (χ1) is 8.29. The molecule has 1 N–H and O–H groups in total. The third kappa shape index (κ3) is 3.94. The largest absolute Gasteiger partial charge is 0.475 e. The monoisotopic (exact) mass is 236 g/mol. The van der Waals surface area contributed by atoms with E-state index in [0.29, 0.717) is 19.0 Å². The van der Waals surface area contributed by atoms with Gasteiger partial charge in [-0.15, -0.1) is 0 Å². The highest BCUT2D eigenvalue weighted by molar-refractivity contribution is 5.08. The predicted molar refractivity (Wildman–Crippen MR) is 65.9 cm³/mol. The molecule has 0 spiro atoms. The van der Waals surface area contributed by atoms with Crippen LogP contribution < -0.4 is 10.1 Å². The number of hydrogen-bond acceptors (Lipinski definition) is 5. The maximum Gasteiger partial charge on any atom is 0.232 e. The van der Waals surface area contributed by atoms with Crippen molar-refractivity contribution in [2.24, 2.45) is 0 Å². The van der Waals surface area contributed by atoms with E-state index >= 15 is 0 Å². The molecule has 0 amide bonds.